The van der Waals surface area contributed by atoms with Crippen molar-refractivity contribution < 1.29 is 0 Å². The van der Waals surface area contributed by atoms with Gasteiger partial charge in [0.05, 0.1) is 0 Å². The van der Waals surface area contributed by atoms with Gasteiger partial charge in [0.15, 0.2) is 0 Å². The Hall–Kier alpha value is -0.300. The van der Waals surface area contributed by atoms with E-state index in [0.717, 1.165) is 12.8 Å². The van der Waals surface area contributed by atoms with Crippen molar-refractivity contribution in [3.05, 3.63) is 34.9 Å². The van der Waals surface area contributed by atoms with Crippen LogP contribution in [0.3, 0.4) is 0 Å². The molecule has 0 unspecified atom stereocenters. The normalized spacial score (nSPS) is 13.4. The van der Waals surface area contributed by atoms with E-state index in [1.165, 1.54) is 10.1 Å². The van der Waals surface area contributed by atoms with Gasteiger partial charge in [-0.1, -0.05) is 47.7 Å². The maximum atomic E-state index is 3.70. The Labute approximate surface area is 77.8 Å². The Morgan fingerprint density at radius 2 is 2.09 bits per heavy atom. The molecule has 62 valence electrons. The third kappa shape index (κ3) is 5.02. The average molecular weight is 215 g/mol. The highest BCUT2D eigenvalue weighted by Gasteiger charge is 1.90. The van der Waals surface area contributed by atoms with Crippen LogP contribution in [-0.2, 0) is 0 Å². The van der Waals surface area contributed by atoms with Gasteiger partial charge in [-0.15, -0.1) is 0 Å². The minimum Gasteiger partial charge on any atom is -0.0988 e. The van der Waals surface area contributed by atoms with Crippen molar-refractivity contribution in [2.24, 2.45) is 0 Å². The molecule has 0 saturated heterocycles. The van der Waals surface area contributed by atoms with E-state index >= 15 is 0 Å². The van der Waals surface area contributed by atoms with E-state index in [-0.39, 0.29) is 0 Å². The Bertz CT molecular complexity index is 175. The van der Waals surface area contributed by atoms with E-state index in [4.69, 9.17) is 0 Å². The van der Waals surface area contributed by atoms with Crippen LogP contribution in [0.25, 0.3) is 0 Å². The minimum absolute atomic E-state index is 0.978. The van der Waals surface area contributed by atoms with E-state index in [1.807, 2.05) is 6.08 Å². The molecule has 11 heavy (non-hydrogen) atoms. The monoisotopic (exact) mass is 214 g/mol. The predicted octanol–water partition coefficient (Wildman–Crippen LogP) is 4.20. The van der Waals surface area contributed by atoms with E-state index in [0.29, 0.717) is 0 Å². The second-order valence-corrected chi connectivity index (χ2v) is 3.33. The van der Waals surface area contributed by atoms with Crippen LogP contribution < -0.4 is 0 Å². The number of rotatable bonds is 4. The second kappa shape index (κ2) is 6.41. The molecule has 0 saturated carbocycles. The van der Waals surface area contributed by atoms with E-state index in [9.17, 15) is 0 Å². The Morgan fingerprint density at radius 3 is 2.55 bits per heavy atom. The molecule has 0 aromatic heterocycles. The highest BCUT2D eigenvalue weighted by molar-refractivity contribution is 9.11. The maximum absolute atomic E-state index is 3.70. The molecule has 0 atom stereocenters. The summed E-state index contributed by atoms with van der Waals surface area (Å²) in [6, 6.07) is 0. The van der Waals surface area contributed by atoms with Gasteiger partial charge in [0, 0.05) is 4.48 Å². The highest BCUT2D eigenvalue weighted by atomic mass is 79.9. The second-order valence-electron chi connectivity index (χ2n) is 2.38. The average Bonchev–Trinajstić information content (AvgIpc) is 2.03. The van der Waals surface area contributed by atoms with Gasteiger partial charge >= 0.3 is 0 Å². The SMILES string of the molecule is C=C/C(C)=C(/Br)C/C=C\CC. The molecular formula is C10H15Br. The third-order valence-electron chi connectivity index (χ3n) is 1.43. The van der Waals surface area contributed by atoms with E-state index < -0.39 is 0 Å². The lowest BCUT2D eigenvalue weighted by atomic mass is 10.2. The van der Waals surface area contributed by atoms with Crippen molar-refractivity contribution in [1.82, 2.24) is 0 Å². The summed E-state index contributed by atoms with van der Waals surface area (Å²) in [7, 11) is 0. The van der Waals surface area contributed by atoms with Crippen molar-refractivity contribution >= 4 is 15.9 Å². The fraction of sp³-hybridized carbons (Fsp3) is 0.400. The molecule has 0 heterocycles. The molecule has 0 fully saturated rings. The maximum Gasteiger partial charge on any atom is 0.00173 e. The summed E-state index contributed by atoms with van der Waals surface area (Å²) < 4.78 is 1.22. The third-order valence-corrected chi connectivity index (χ3v) is 2.38. The van der Waals surface area contributed by atoms with Crippen molar-refractivity contribution in [3.8, 4) is 0 Å². The summed E-state index contributed by atoms with van der Waals surface area (Å²) >= 11 is 3.49. The standard InChI is InChI=1S/C10H15Br/c1-4-6-7-8-10(11)9(3)5-2/h5-7H,2,4,8H2,1,3H3/b7-6-,10-9+. The first-order valence-corrected chi connectivity index (χ1v) is 4.64. The first-order valence-electron chi connectivity index (χ1n) is 3.85. The molecule has 0 rings (SSSR count). The number of halogens is 1. The zero-order chi connectivity index (χ0) is 8.69. The minimum atomic E-state index is 0.978. The van der Waals surface area contributed by atoms with E-state index in [1.54, 1.807) is 0 Å². The molecule has 0 bridgehead atoms. The number of hydrogen-bond acceptors (Lipinski definition) is 0. The molecule has 0 aromatic carbocycles. The summed E-state index contributed by atoms with van der Waals surface area (Å²) in [6.07, 6.45) is 8.28. The predicted molar refractivity (Wildman–Crippen MR) is 55.9 cm³/mol. The molecule has 1 heteroatoms. The van der Waals surface area contributed by atoms with Crippen molar-refractivity contribution in [2.75, 3.05) is 0 Å². The number of hydrogen-bond donors (Lipinski definition) is 0. The zero-order valence-electron chi connectivity index (χ0n) is 7.23. The lowest BCUT2D eigenvalue weighted by Crippen LogP contribution is -1.74. The lowest BCUT2D eigenvalue weighted by Gasteiger charge is -1.96. The topological polar surface area (TPSA) is 0 Å². The van der Waals surface area contributed by atoms with Gasteiger partial charge in [0.1, 0.15) is 0 Å². The van der Waals surface area contributed by atoms with Gasteiger partial charge in [-0.05, 0) is 25.3 Å². The molecule has 0 spiro atoms. The molecule has 0 amide bonds. The Kier molecular flexibility index (Phi) is 6.24. The molecule has 0 N–H and O–H groups in total. The highest BCUT2D eigenvalue weighted by Crippen LogP contribution is 2.17. The Morgan fingerprint density at radius 1 is 1.45 bits per heavy atom. The molecule has 0 aliphatic carbocycles. The van der Waals surface area contributed by atoms with Crippen LogP contribution in [0.5, 0.6) is 0 Å². The summed E-state index contributed by atoms with van der Waals surface area (Å²) in [5.74, 6) is 0. The van der Waals surface area contributed by atoms with Crippen LogP contribution in [0.2, 0.25) is 0 Å². The molecular weight excluding hydrogens is 200 g/mol. The fourth-order valence-electron chi connectivity index (χ4n) is 0.625. The molecule has 0 nitrogen and oxygen atoms in total. The summed E-state index contributed by atoms with van der Waals surface area (Å²) in [5.41, 5.74) is 1.21. The van der Waals surface area contributed by atoms with Crippen LogP contribution >= 0.6 is 15.9 Å². The van der Waals surface area contributed by atoms with Crippen LogP contribution in [-0.4, -0.2) is 0 Å². The quantitative estimate of drug-likeness (QED) is 0.487. The molecule has 0 aromatic rings. The van der Waals surface area contributed by atoms with Gasteiger partial charge in [-0.25, -0.2) is 0 Å². The van der Waals surface area contributed by atoms with Gasteiger partial charge in [0.2, 0.25) is 0 Å². The van der Waals surface area contributed by atoms with Crippen molar-refractivity contribution in [1.29, 1.82) is 0 Å². The van der Waals surface area contributed by atoms with Gasteiger partial charge in [0.25, 0.3) is 0 Å². The smallest absolute Gasteiger partial charge is 0.00173 e. The zero-order valence-corrected chi connectivity index (χ0v) is 8.82. The summed E-state index contributed by atoms with van der Waals surface area (Å²) in [4.78, 5) is 0. The fourth-order valence-corrected chi connectivity index (χ4v) is 0.974. The molecule has 0 aliphatic heterocycles. The molecule has 0 aliphatic rings. The van der Waals surface area contributed by atoms with Gasteiger partial charge < -0.3 is 0 Å². The lowest BCUT2D eigenvalue weighted by molar-refractivity contribution is 1.19. The largest absolute Gasteiger partial charge is 0.0988 e. The van der Waals surface area contributed by atoms with Crippen LogP contribution in [0, 0.1) is 0 Å². The molecule has 0 radical (unpaired) electrons. The summed E-state index contributed by atoms with van der Waals surface area (Å²) in [5, 5.41) is 0. The van der Waals surface area contributed by atoms with Gasteiger partial charge in [-0.3, -0.25) is 0 Å². The van der Waals surface area contributed by atoms with Crippen LogP contribution in [0.15, 0.2) is 34.9 Å². The van der Waals surface area contributed by atoms with Gasteiger partial charge in [-0.2, -0.15) is 0 Å². The Balaban J connectivity index is 3.95. The first kappa shape index (κ1) is 10.7. The van der Waals surface area contributed by atoms with Crippen LogP contribution in [0.4, 0.5) is 0 Å². The van der Waals surface area contributed by atoms with Crippen molar-refractivity contribution in [3.63, 3.8) is 0 Å². The summed E-state index contributed by atoms with van der Waals surface area (Å²) in [6.45, 7) is 7.88. The van der Waals surface area contributed by atoms with Crippen molar-refractivity contribution in [2.45, 2.75) is 26.7 Å². The first-order chi connectivity index (χ1) is 5.22. The van der Waals surface area contributed by atoms with E-state index in [2.05, 4.69) is 48.5 Å². The number of allylic oxidation sites excluding steroid dienone is 5. The van der Waals surface area contributed by atoms with Crippen LogP contribution in [0.1, 0.15) is 26.7 Å².